The largest absolute Gasteiger partial charge is 0.486 e. The van der Waals surface area contributed by atoms with Gasteiger partial charge in [-0.05, 0) is 12.1 Å². The first-order chi connectivity index (χ1) is 11.8. The van der Waals surface area contributed by atoms with E-state index in [0.29, 0.717) is 31.9 Å². The number of amides is 1. The molecule has 1 amide bonds. The number of rotatable bonds is 7. The molecule has 0 spiro atoms. The van der Waals surface area contributed by atoms with Crippen molar-refractivity contribution < 1.29 is 19.0 Å². The molecule has 3 rings (SSSR count). The van der Waals surface area contributed by atoms with Crippen molar-refractivity contribution in [2.75, 3.05) is 64.5 Å². The fourth-order valence-corrected chi connectivity index (χ4v) is 2.73. The third-order valence-electron chi connectivity index (χ3n) is 4.06. The molecule has 1 saturated heterocycles. The van der Waals surface area contributed by atoms with E-state index in [0.717, 1.165) is 50.8 Å². The van der Waals surface area contributed by atoms with Gasteiger partial charge in [0.1, 0.15) is 13.2 Å². The van der Waals surface area contributed by atoms with E-state index in [1.807, 2.05) is 12.1 Å². The van der Waals surface area contributed by atoms with Crippen LogP contribution in [-0.2, 0) is 9.53 Å². The lowest BCUT2D eigenvalue weighted by Gasteiger charge is -2.26. The maximum absolute atomic E-state index is 12.0. The van der Waals surface area contributed by atoms with Crippen LogP contribution in [-0.4, -0.2) is 70.0 Å². The minimum Gasteiger partial charge on any atom is -0.486 e. The van der Waals surface area contributed by atoms with E-state index in [2.05, 4.69) is 15.5 Å². The van der Waals surface area contributed by atoms with Crippen LogP contribution in [0.3, 0.4) is 0 Å². The van der Waals surface area contributed by atoms with Crippen LogP contribution in [0.4, 0.5) is 5.69 Å². The lowest BCUT2D eigenvalue weighted by atomic mass is 10.2. The Morgan fingerprint density at radius 1 is 1.04 bits per heavy atom. The predicted molar refractivity (Wildman–Crippen MR) is 90.8 cm³/mol. The fraction of sp³-hybridized carbons (Fsp3) is 0.588. The smallest absolute Gasteiger partial charge is 0.225 e. The van der Waals surface area contributed by atoms with Crippen LogP contribution < -0.4 is 20.1 Å². The van der Waals surface area contributed by atoms with E-state index in [9.17, 15) is 4.79 Å². The second-order valence-corrected chi connectivity index (χ2v) is 5.86. The summed E-state index contributed by atoms with van der Waals surface area (Å²) in [7, 11) is 0. The fourth-order valence-electron chi connectivity index (χ4n) is 2.73. The van der Waals surface area contributed by atoms with Crippen LogP contribution >= 0.6 is 0 Å². The molecule has 0 aromatic heterocycles. The van der Waals surface area contributed by atoms with Gasteiger partial charge in [-0.25, -0.2) is 0 Å². The highest BCUT2D eigenvalue weighted by Crippen LogP contribution is 2.32. The number of nitrogens with one attached hydrogen (secondary N) is 2. The van der Waals surface area contributed by atoms with Crippen LogP contribution in [0.15, 0.2) is 18.2 Å². The van der Waals surface area contributed by atoms with Gasteiger partial charge in [-0.15, -0.1) is 0 Å². The molecule has 7 heteroatoms. The first kappa shape index (κ1) is 17.0. The topological polar surface area (TPSA) is 72.1 Å². The molecule has 2 aliphatic rings. The highest BCUT2D eigenvalue weighted by Gasteiger charge is 2.13. The van der Waals surface area contributed by atoms with Gasteiger partial charge >= 0.3 is 0 Å². The first-order valence-corrected chi connectivity index (χ1v) is 8.51. The summed E-state index contributed by atoms with van der Waals surface area (Å²) in [6.45, 7) is 7.27. The molecular formula is C17H25N3O4. The van der Waals surface area contributed by atoms with Gasteiger partial charge in [-0.2, -0.15) is 0 Å². The molecule has 7 nitrogen and oxygen atoms in total. The zero-order chi connectivity index (χ0) is 16.6. The Bertz CT molecular complexity index is 547. The van der Waals surface area contributed by atoms with Gasteiger partial charge in [0.25, 0.3) is 0 Å². The molecule has 0 unspecified atom stereocenters. The normalized spacial score (nSPS) is 17.5. The van der Waals surface area contributed by atoms with Crippen molar-refractivity contribution in [1.29, 1.82) is 0 Å². The number of morpholine rings is 1. The zero-order valence-corrected chi connectivity index (χ0v) is 13.9. The van der Waals surface area contributed by atoms with Gasteiger partial charge in [-0.1, -0.05) is 0 Å². The number of carbonyl (C=O) groups is 1. The van der Waals surface area contributed by atoms with E-state index in [1.165, 1.54) is 0 Å². The van der Waals surface area contributed by atoms with Gasteiger partial charge in [0, 0.05) is 50.9 Å². The van der Waals surface area contributed by atoms with Gasteiger partial charge in [0.05, 0.1) is 13.2 Å². The molecule has 1 fully saturated rings. The molecule has 24 heavy (non-hydrogen) atoms. The highest BCUT2D eigenvalue weighted by atomic mass is 16.6. The minimum absolute atomic E-state index is 0.00875. The second-order valence-electron chi connectivity index (χ2n) is 5.86. The van der Waals surface area contributed by atoms with Gasteiger partial charge in [0.2, 0.25) is 5.91 Å². The molecule has 1 aromatic rings. The Hall–Kier alpha value is -1.83. The van der Waals surface area contributed by atoms with Gasteiger partial charge in [-0.3, -0.25) is 9.69 Å². The van der Waals surface area contributed by atoms with Crippen molar-refractivity contribution >= 4 is 11.6 Å². The van der Waals surface area contributed by atoms with Gasteiger partial charge in [0.15, 0.2) is 11.5 Å². The molecule has 0 bridgehead atoms. The molecule has 0 atom stereocenters. The first-order valence-electron chi connectivity index (χ1n) is 8.51. The molecular weight excluding hydrogens is 310 g/mol. The van der Waals surface area contributed by atoms with Crippen LogP contribution in [0.1, 0.15) is 6.42 Å². The van der Waals surface area contributed by atoms with Crippen molar-refractivity contribution in [2.45, 2.75) is 6.42 Å². The van der Waals surface area contributed by atoms with Crippen molar-refractivity contribution in [3.63, 3.8) is 0 Å². The van der Waals surface area contributed by atoms with E-state index < -0.39 is 0 Å². The van der Waals surface area contributed by atoms with Crippen LogP contribution in [0, 0.1) is 0 Å². The van der Waals surface area contributed by atoms with Crippen molar-refractivity contribution in [1.82, 2.24) is 10.2 Å². The molecule has 2 aliphatic heterocycles. The summed E-state index contributed by atoms with van der Waals surface area (Å²) in [5, 5.41) is 6.20. The standard InChI is InChI=1S/C17H25N3O4/c21-17(3-4-18-5-6-20-7-9-22-10-8-20)19-14-1-2-15-16(13-14)24-12-11-23-15/h1-2,13,18H,3-12H2,(H,19,21). The number of carbonyl (C=O) groups excluding carboxylic acids is 1. The summed E-state index contributed by atoms with van der Waals surface area (Å²) < 4.78 is 16.3. The Kier molecular flexibility index (Phi) is 6.28. The Morgan fingerprint density at radius 3 is 2.67 bits per heavy atom. The Morgan fingerprint density at radius 2 is 1.83 bits per heavy atom. The molecule has 0 aliphatic carbocycles. The van der Waals surface area contributed by atoms with Gasteiger partial charge < -0.3 is 24.8 Å². The number of nitrogens with zero attached hydrogens (tertiary/aromatic N) is 1. The monoisotopic (exact) mass is 335 g/mol. The van der Waals surface area contributed by atoms with E-state index >= 15 is 0 Å². The van der Waals surface area contributed by atoms with Crippen molar-refractivity contribution in [3.8, 4) is 11.5 Å². The van der Waals surface area contributed by atoms with Crippen LogP contribution in [0.5, 0.6) is 11.5 Å². The lowest BCUT2D eigenvalue weighted by Crippen LogP contribution is -2.40. The lowest BCUT2D eigenvalue weighted by molar-refractivity contribution is -0.116. The summed E-state index contributed by atoms with van der Waals surface area (Å²) in [5.74, 6) is 1.40. The van der Waals surface area contributed by atoms with Crippen LogP contribution in [0.25, 0.3) is 0 Å². The highest BCUT2D eigenvalue weighted by molar-refractivity contribution is 5.91. The summed E-state index contributed by atoms with van der Waals surface area (Å²) in [6, 6.07) is 5.46. The van der Waals surface area contributed by atoms with E-state index in [1.54, 1.807) is 6.07 Å². The summed E-state index contributed by atoms with van der Waals surface area (Å²) in [4.78, 5) is 14.4. The average molecular weight is 335 g/mol. The van der Waals surface area contributed by atoms with Crippen LogP contribution in [0.2, 0.25) is 0 Å². The second kappa shape index (κ2) is 8.86. The maximum Gasteiger partial charge on any atom is 0.225 e. The molecule has 2 heterocycles. The van der Waals surface area contributed by atoms with Crippen molar-refractivity contribution in [2.24, 2.45) is 0 Å². The third-order valence-corrected chi connectivity index (χ3v) is 4.06. The molecule has 0 saturated carbocycles. The summed E-state index contributed by atoms with van der Waals surface area (Å²) in [6.07, 6.45) is 0.442. The maximum atomic E-state index is 12.0. The number of ether oxygens (including phenoxy) is 3. The molecule has 1 aromatic carbocycles. The van der Waals surface area contributed by atoms with E-state index in [4.69, 9.17) is 14.2 Å². The number of benzene rings is 1. The Labute approximate surface area is 142 Å². The third kappa shape index (κ3) is 5.09. The number of hydrogen-bond acceptors (Lipinski definition) is 6. The molecule has 132 valence electrons. The quantitative estimate of drug-likeness (QED) is 0.715. The minimum atomic E-state index is -0.00875. The Balaban J connectivity index is 1.32. The predicted octanol–water partition coefficient (Wildman–Crippen LogP) is 0.708. The number of anilines is 1. The average Bonchev–Trinajstić information content (AvgIpc) is 2.62. The summed E-state index contributed by atoms with van der Waals surface area (Å²) in [5.41, 5.74) is 0.734. The molecule has 2 N–H and O–H groups in total. The van der Waals surface area contributed by atoms with E-state index in [-0.39, 0.29) is 5.91 Å². The SMILES string of the molecule is O=C(CCNCCN1CCOCC1)Nc1ccc2c(c1)OCCO2. The molecule has 0 radical (unpaired) electrons. The number of hydrogen-bond donors (Lipinski definition) is 2. The zero-order valence-electron chi connectivity index (χ0n) is 13.9. The van der Waals surface area contributed by atoms with Crippen molar-refractivity contribution in [3.05, 3.63) is 18.2 Å². The number of fused-ring (bicyclic) bond motifs is 1. The summed E-state index contributed by atoms with van der Waals surface area (Å²) >= 11 is 0.